The predicted molar refractivity (Wildman–Crippen MR) is 159 cm³/mol. The first-order chi connectivity index (χ1) is 21.9. The van der Waals surface area contributed by atoms with Gasteiger partial charge in [-0.05, 0) is 16.7 Å². The summed E-state index contributed by atoms with van der Waals surface area (Å²) in [4.78, 5) is 36.8. The summed E-state index contributed by atoms with van der Waals surface area (Å²) in [5.41, 5.74) is 2.52. The summed E-state index contributed by atoms with van der Waals surface area (Å²) in [6.07, 6.45) is -6.88. The number of methoxy groups -OCH3 is 2. The molecule has 0 aliphatic carbocycles. The van der Waals surface area contributed by atoms with Crippen molar-refractivity contribution in [1.82, 2.24) is 0 Å². The first-order valence-corrected chi connectivity index (χ1v) is 14.4. The van der Waals surface area contributed by atoms with Crippen molar-refractivity contribution in [3.05, 3.63) is 118 Å². The maximum Gasteiger partial charge on any atom is 0.335 e. The Morgan fingerprint density at radius 1 is 0.778 bits per heavy atom. The number of esters is 2. The maximum absolute atomic E-state index is 12.7. The van der Waals surface area contributed by atoms with Gasteiger partial charge in [-0.3, -0.25) is 14.9 Å². The Labute approximate surface area is 261 Å². The SMILES string of the molecule is COC(=O)C[C@H](OC1O[C@H](COCc2ccccc2)[C@H](OCc2ccccc2)[C@H](OCc2ccccc2)[C@H]1[N+](=O)[O-])C(=O)OC. The zero-order valence-electron chi connectivity index (χ0n) is 25.1. The van der Waals surface area contributed by atoms with Crippen molar-refractivity contribution in [3.8, 4) is 0 Å². The molecule has 3 aromatic carbocycles. The van der Waals surface area contributed by atoms with Gasteiger partial charge in [0.1, 0.15) is 12.2 Å². The van der Waals surface area contributed by atoms with Crippen LogP contribution in [0.15, 0.2) is 91.0 Å². The summed E-state index contributed by atoms with van der Waals surface area (Å²) in [7, 11) is 2.26. The second-order valence-corrected chi connectivity index (χ2v) is 10.3. The lowest BCUT2D eigenvalue weighted by molar-refractivity contribution is -0.577. The molecule has 0 radical (unpaired) electrons. The van der Waals surface area contributed by atoms with Crippen LogP contribution in [0, 0.1) is 10.1 Å². The van der Waals surface area contributed by atoms with E-state index in [1.807, 2.05) is 91.0 Å². The maximum atomic E-state index is 12.7. The van der Waals surface area contributed by atoms with Gasteiger partial charge in [0, 0.05) is 4.92 Å². The Balaban J connectivity index is 1.66. The molecular weight excluding hydrogens is 586 g/mol. The van der Waals surface area contributed by atoms with E-state index in [-0.39, 0.29) is 26.4 Å². The molecule has 6 atom stereocenters. The number of carbonyl (C=O) groups is 2. The zero-order valence-corrected chi connectivity index (χ0v) is 25.1. The summed E-state index contributed by atoms with van der Waals surface area (Å²) < 4.78 is 40.1. The van der Waals surface area contributed by atoms with Crippen molar-refractivity contribution < 1.29 is 47.7 Å². The van der Waals surface area contributed by atoms with Gasteiger partial charge in [-0.15, -0.1) is 0 Å². The topological polar surface area (TPSA) is 142 Å². The molecule has 1 aliphatic rings. The van der Waals surface area contributed by atoms with Gasteiger partial charge in [0.2, 0.25) is 6.29 Å². The lowest BCUT2D eigenvalue weighted by Crippen LogP contribution is -2.64. The highest BCUT2D eigenvalue weighted by molar-refractivity contribution is 5.81. The fourth-order valence-corrected chi connectivity index (χ4v) is 4.87. The molecule has 1 aliphatic heterocycles. The first-order valence-electron chi connectivity index (χ1n) is 14.4. The van der Waals surface area contributed by atoms with Gasteiger partial charge in [-0.2, -0.15) is 0 Å². The van der Waals surface area contributed by atoms with E-state index in [4.69, 9.17) is 28.4 Å². The van der Waals surface area contributed by atoms with Crippen molar-refractivity contribution in [1.29, 1.82) is 0 Å². The van der Waals surface area contributed by atoms with E-state index in [9.17, 15) is 19.7 Å². The van der Waals surface area contributed by atoms with E-state index < -0.39 is 60.0 Å². The van der Waals surface area contributed by atoms with Crippen LogP contribution in [-0.2, 0) is 62.6 Å². The molecule has 0 aromatic heterocycles. The van der Waals surface area contributed by atoms with Crippen LogP contribution < -0.4 is 0 Å². The van der Waals surface area contributed by atoms with Gasteiger partial charge in [-0.1, -0.05) is 91.0 Å². The molecule has 1 heterocycles. The lowest BCUT2D eigenvalue weighted by atomic mass is 9.96. The Bertz CT molecular complexity index is 1340. The minimum absolute atomic E-state index is 0.0218. The predicted octanol–water partition coefficient (Wildman–Crippen LogP) is 3.87. The third-order valence-electron chi connectivity index (χ3n) is 7.16. The van der Waals surface area contributed by atoms with Crippen molar-refractivity contribution in [2.45, 2.75) is 63.0 Å². The highest BCUT2D eigenvalue weighted by atomic mass is 16.7. The summed E-state index contributed by atoms with van der Waals surface area (Å²) in [6.45, 7) is 0.314. The average Bonchev–Trinajstić information content (AvgIpc) is 3.07. The van der Waals surface area contributed by atoms with Crippen LogP contribution in [0.4, 0.5) is 0 Å². The highest BCUT2D eigenvalue weighted by Crippen LogP contribution is 2.31. The minimum atomic E-state index is -1.66. The molecule has 3 aromatic rings. The molecule has 1 saturated heterocycles. The van der Waals surface area contributed by atoms with Crippen LogP contribution in [0.25, 0.3) is 0 Å². The van der Waals surface area contributed by atoms with Crippen LogP contribution in [0.5, 0.6) is 0 Å². The van der Waals surface area contributed by atoms with Crippen LogP contribution >= 0.6 is 0 Å². The number of nitro groups is 1. The third-order valence-corrected chi connectivity index (χ3v) is 7.16. The molecule has 4 rings (SSSR count). The Morgan fingerprint density at radius 2 is 1.29 bits per heavy atom. The van der Waals surface area contributed by atoms with Crippen molar-refractivity contribution in [2.75, 3.05) is 20.8 Å². The first kappa shape index (κ1) is 33.7. The van der Waals surface area contributed by atoms with E-state index in [1.54, 1.807) is 0 Å². The van der Waals surface area contributed by atoms with Gasteiger partial charge < -0.3 is 33.2 Å². The number of hydrogen-bond donors (Lipinski definition) is 0. The molecule has 1 unspecified atom stereocenters. The van der Waals surface area contributed by atoms with Crippen molar-refractivity contribution in [3.63, 3.8) is 0 Å². The number of rotatable bonds is 16. The van der Waals surface area contributed by atoms with E-state index in [2.05, 4.69) is 4.74 Å². The molecule has 0 bridgehead atoms. The van der Waals surface area contributed by atoms with Crippen LogP contribution in [0.3, 0.4) is 0 Å². The van der Waals surface area contributed by atoms with Gasteiger partial charge in [0.05, 0.1) is 47.1 Å². The number of ether oxygens (including phenoxy) is 7. The second kappa shape index (κ2) is 17.3. The summed E-state index contributed by atoms with van der Waals surface area (Å²) in [6, 6.07) is 26.3. The highest BCUT2D eigenvalue weighted by Gasteiger charge is 2.56. The average molecular weight is 624 g/mol. The third kappa shape index (κ3) is 9.90. The molecule has 0 spiro atoms. The Kier molecular flexibility index (Phi) is 13.0. The van der Waals surface area contributed by atoms with Crippen molar-refractivity contribution >= 4 is 11.9 Å². The molecule has 1 fully saturated rings. The van der Waals surface area contributed by atoms with Gasteiger partial charge in [0.25, 0.3) is 6.04 Å². The fraction of sp³-hybridized carbons (Fsp3) is 0.394. The van der Waals surface area contributed by atoms with Crippen molar-refractivity contribution in [2.24, 2.45) is 0 Å². The fourth-order valence-electron chi connectivity index (χ4n) is 4.87. The summed E-state index contributed by atoms with van der Waals surface area (Å²) in [5, 5.41) is 12.7. The van der Waals surface area contributed by atoms with E-state index in [0.29, 0.717) is 0 Å². The van der Waals surface area contributed by atoms with Crippen LogP contribution in [-0.4, -0.2) is 74.4 Å². The Morgan fingerprint density at radius 3 is 1.78 bits per heavy atom. The van der Waals surface area contributed by atoms with E-state index in [1.165, 1.54) is 0 Å². The van der Waals surface area contributed by atoms with Gasteiger partial charge >= 0.3 is 11.9 Å². The molecule has 12 heteroatoms. The number of nitrogens with zero attached hydrogens (tertiary/aromatic N) is 1. The summed E-state index contributed by atoms with van der Waals surface area (Å²) >= 11 is 0. The standard InChI is InChI=1S/C33H37NO11/c1-39-28(35)18-26(32(36)40-2)44-33-29(34(37)38)31(43-21-25-16-10-5-11-17-25)30(42-20-24-14-8-4-9-15-24)27(45-33)22-41-19-23-12-6-3-7-13-23/h3-17,26-27,29-31,33H,18-22H2,1-2H3/t26-,27+,29+,30-,31+,33?/m0/s1. The molecule has 0 amide bonds. The van der Waals surface area contributed by atoms with E-state index >= 15 is 0 Å². The number of benzene rings is 3. The largest absolute Gasteiger partial charge is 0.469 e. The quantitative estimate of drug-likeness (QED) is 0.130. The van der Waals surface area contributed by atoms with E-state index in [0.717, 1.165) is 30.9 Å². The number of carbonyl (C=O) groups excluding carboxylic acids is 2. The second-order valence-electron chi connectivity index (χ2n) is 10.3. The molecule has 0 N–H and O–H groups in total. The van der Waals surface area contributed by atoms with Gasteiger partial charge in [0.15, 0.2) is 12.2 Å². The van der Waals surface area contributed by atoms with Crippen LogP contribution in [0.2, 0.25) is 0 Å². The molecule has 0 saturated carbocycles. The monoisotopic (exact) mass is 623 g/mol. The lowest BCUT2D eigenvalue weighted by Gasteiger charge is -2.42. The van der Waals surface area contributed by atoms with Crippen LogP contribution in [0.1, 0.15) is 23.1 Å². The minimum Gasteiger partial charge on any atom is -0.469 e. The molecular formula is C33H37NO11. The molecule has 240 valence electrons. The molecule has 45 heavy (non-hydrogen) atoms. The number of hydrogen-bond acceptors (Lipinski definition) is 11. The zero-order chi connectivity index (χ0) is 32.0. The Hall–Kier alpha value is -4.20. The molecule has 12 nitrogen and oxygen atoms in total. The normalized spacial score (nSPS) is 21.9. The van der Waals surface area contributed by atoms with Gasteiger partial charge in [-0.25, -0.2) is 4.79 Å². The summed E-state index contributed by atoms with van der Waals surface area (Å²) in [5.74, 6) is -1.70. The smallest absolute Gasteiger partial charge is 0.335 e.